The molecule has 1 unspecified atom stereocenters. The van der Waals surface area contributed by atoms with Gasteiger partial charge in [-0.1, -0.05) is 86.1 Å². The third kappa shape index (κ3) is 4.71. The van der Waals surface area contributed by atoms with Gasteiger partial charge in [0, 0.05) is 17.3 Å². The van der Waals surface area contributed by atoms with E-state index in [1.807, 2.05) is 0 Å². The minimum atomic E-state index is 0.642. The molecule has 0 aliphatic heterocycles. The summed E-state index contributed by atoms with van der Waals surface area (Å²) in [5.41, 5.74) is 11.4. The highest BCUT2D eigenvalue weighted by atomic mass is 14.7. The molecule has 3 aromatic carbocycles. The van der Waals surface area contributed by atoms with E-state index in [-0.39, 0.29) is 0 Å². The molecule has 3 atom stereocenters. The summed E-state index contributed by atoms with van der Waals surface area (Å²) in [6.07, 6.45) is 6.00. The van der Waals surface area contributed by atoms with Crippen molar-refractivity contribution in [1.82, 2.24) is 4.98 Å². The van der Waals surface area contributed by atoms with Gasteiger partial charge in [-0.15, -0.1) is 0 Å². The maximum absolute atomic E-state index is 4.92. The highest BCUT2D eigenvalue weighted by Crippen LogP contribution is 2.42. The summed E-state index contributed by atoms with van der Waals surface area (Å²) in [5, 5.41) is 0. The van der Waals surface area contributed by atoms with Crippen LogP contribution >= 0.6 is 0 Å². The molecule has 34 heavy (non-hydrogen) atoms. The van der Waals surface area contributed by atoms with E-state index in [0.29, 0.717) is 5.92 Å². The smallest absolute Gasteiger partial charge is 0.0702 e. The summed E-state index contributed by atoms with van der Waals surface area (Å²) in [6.45, 7) is 9.15. The molecule has 5 rings (SSSR count). The third-order valence-corrected chi connectivity index (χ3v) is 7.52. The number of pyridine rings is 1. The summed E-state index contributed by atoms with van der Waals surface area (Å²) in [5.74, 6) is 2.24. The first-order chi connectivity index (χ1) is 16.5. The summed E-state index contributed by atoms with van der Waals surface area (Å²) in [6, 6.07) is 28.8. The van der Waals surface area contributed by atoms with E-state index in [4.69, 9.17) is 4.98 Å². The van der Waals surface area contributed by atoms with Crippen LogP contribution in [0, 0.1) is 25.7 Å². The molecule has 0 spiro atoms. The number of hydrogen-bond donors (Lipinski definition) is 0. The lowest BCUT2D eigenvalue weighted by Crippen LogP contribution is -2.18. The second-order valence-electron chi connectivity index (χ2n) is 10.5. The second-order valence-corrected chi connectivity index (χ2v) is 10.5. The van der Waals surface area contributed by atoms with Crippen LogP contribution in [-0.4, -0.2) is 4.98 Å². The zero-order valence-corrected chi connectivity index (χ0v) is 20.9. The van der Waals surface area contributed by atoms with Crippen molar-refractivity contribution >= 4 is 0 Å². The molecule has 0 saturated heterocycles. The van der Waals surface area contributed by atoms with E-state index in [1.165, 1.54) is 58.2 Å². The van der Waals surface area contributed by atoms with Gasteiger partial charge in [-0.2, -0.15) is 0 Å². The van der Waals surface area contributed by atoms with Gasteiger partial charge in [0.2, 0.25) is 0 Å². The molecule has 0 amide bonds. The van der Waals surface area contributed by atoms with Crippen LogP contribution in [0.25, 0.3) is 33.5 Å². The maximum Gasteiger partial charge on any atom is 0.0702 e. The van der Waals surface area contributed by atoms with E-state index in [9.17, 15) is 0 Å². The first-order valence-electron chi connectivity index (χ1n) is 12.7. The van der Waals surface area contributed by atoms with Crippen molar-refractivity contribution in [2.24, 2.45) is 11.8 Å². The van der Waals surface area contributed by atoms with Crippen LogP contribution in [0.4, 0.5) is 0 Å². The first kappa shape index (κ1) is 22.6. The van der Waals surface area contributed by atoms with Crippen LogP contribution < -0.4 is 0 Å². The maximum atomic E-state index is 4.92. The predicted octanol–water partition coefficient (Wildman–Crippen LogP) is 9.24. The van der Waals surface area contributed by atoms with E-state index >= 15 is 0 Å². The molecule has 1 saturated carbocycles. The molecule has 0 N–H and O–H groups in total. The minimum Gasteiger partial charge on any atom is -0.256 e. The normalized spacial score (nSPS) is 20.3. The number of nitrogens with zero attached hydrogens (tertiary/aromatic N) is 1. The molecular formula is C33H35N. The first-order valence-corrected chi connectivity index (χ1v) is 12.7. The van der Waals surface area contributed by atoms with Crippen molar-refractivity contribution in [2.75, 3.05) is 0 Å². The average Bonchev–Trinajstić information content (AvgIpc) is 2.85. The lowest BCUT2D eigenvalue weighted by atomic mass is 9.72. The summed E-state index contributed by atoms with van der Waals surface area (Å²) in [4.78, 5) is 4.92. The van der Waals surface area contributed by atoms with E-state index in [1.54, 1.807) is 0 Å². The number of hydrogen-bond acceptors (Lipinski definition) is 1. The standard InChI is InChI=1S/C33H35N/c1-22-12-13-25(4)32(19-22)26-8-7-9-27(20-26)33-15-14-28(21-34-33)30-10-5-6-11-31(30)29-17-23(2)16-24(3)18-29/h5-15,19-21,23-24,29H,16-18H2,1-4H3/t23-,24+,29?. The number of aromatic nitrogens is 1. The van der Waals surface area contributed by atoms with Crippen LogP contribution in [-0.2, 0) is 0 Å². The predicted molar refractivity (Wildman–Crippen MR) is 145 cm³/mol. The second kappa shape index (κ2) is 9.58. The molecule has 1 heteroatoms. The molecule has 0 bridgehead atoms. The Kier molecular flexibility index (Phi) is 6.37. The van der Waals surface area contributed by atoms with Gasteiger partial charge in [0.25, 0.3) is 0 Å². The fraction of sp³-hybridized carbons (Fsp3) is 0.303. The number of rotatable bonds is 4. The van der Waals surface area contributed by atoms with Crippen molar-refractivity contribution < 1.29 is 0 Å². The van der Waals surface area contributed by atoms with Gasteiger partial charge in [-0.3, -0.25) is 4.98 Å². The summed E-state index contributed by atoms with van der Waals surface area (Å²) in [7, 11) is 0. The van der Waals surface area contributed by atoms with Crippen LogP contribution in [0.5, 0.6) is 0 Å². The van der Waals surface area contributed by atoms with Crippen molar-refractivity contribution in [1.29, 1.82) is 0 Å². The topological polar surface area (TPSA) is 12.9 Å². The fourth-order valence-electron chi connectivity index (χ4n) is 5.93. The van der Waals surface area contributed by atoms with Gasteiger partial charge in [0.05, 0.1) is 5.69 Å². The highest BCUT2D eigenvalue weighted by molar-refractivity contribution is 5.75. The van der Waals surface area contributed by atoms with Crippen molar-refractivity contribution in [3.05, 3.63) is 102 Å². The van der Waals surface area contributed by atoms with Crippen molar-refractivity contribution in [3.63, 3.8) is 0 Å². The van der Waals surface area contributed by atoms with E-state index in [0.717, 1.165) is 23.1 Å². The SMILES string of the molecule is Cc1ccc(C)c(-c2cccc(-c3ccc(-c4ccccc4C4C[C@@H](C)C[C@@H](C)C4)cn3)c2)c1. The molecule has 4 aromatic rings. The van der Waals surface area contributed by atoms with E-state index < -0.39 is 0 Å². The lowest BCUT2D eigenvalue weighted by Gasteiger charge is -2.32. The fourth-order valence-corrected chi connectivity index (χ4v) is 5.93. The molecule has 1 aliphatic carbocycles. The molecule has 0 radical (unpaired) electrons. The zero-order valence-electron chi connectivity index (χ0n) is 20.9. The molecular weight excluding hydrogens is 410 g/mol. The van der Waals surface area contributed by atoms with Gasteiger partial charge in [0.1, 0.15) is 0 Å². The Labute approximate surface area is 204 Å². The lowest BCUT2D eigenvalue weighted by molar-refractivity contribution is 0.269. The number of aryl methyl sites for hydroxylation is 2. The summed E-state index contributed by atoms with van der Waals surface area (Å²) >= 11 is 0. The Morgan fingerprint density at radius 1 is 0.647 bits per heavy atom. The van der Waals surface area contributed by atoms with Gasteiger partial charge >= 0.3 is 0 Å². The molecule has 1 aromatic heterocycles. The highest BCUT2D eigenvalue weighted by Gasteiger charge is 2.26. The average molecular weight is 446 g/mol. The monoisotopic (exact) mass is 445 g/mol. The van der Waals surface area contributed by atoms with Gasteiger partial charge in [-0.05, 0) is 90.8 Å². The summed E-state index contributed by atoms with van der Waals surface area (Å²) < 4.78 is 0. The molecule has 1 heterocycles. The van der Waals surface area contributed by atoms with Crippen LogP contribution in [0.15, 0.2) is 85.1 Å². The molecule has 1 nitrogen and oxygen atoms in total. The Hall–Kier alpha value is -3.19. The largest absolute Gasteiger partial charge is 0.256 e. The number of benzene rings is 3. The van der Waals surface area contributed by atoms with Crippen molar-refractivity contribution in [2.45, 2.75) is 52.9 Å². The molecule has 172 valence electrons. The van der Waals surface area contributed by atoms with Gasteiger partial charge in [-0.25, -0.2) is 0 Å². The van der Waals surface area contributed by atoms with Gasteiger partial charge < -0.3 is 0 Å². The van der Waals surface area contributed by atoms with Crippen molar-refractivity contribution in [3.8, 4) is 33.5 Å². The Balaban J connectivity index is 1.45. The van der Waals surface area contributed by atoms with Gasteiger partial charge in [0.15, 0.2) is 0 Å². The van der Waals surface area contributed by atoms with Crippen LogP contribution in [0.2, 0.25) is 0 Å². The van der Waals surface area contributed by atoms with Crippen LogP contribution in [0.3, 0.4) is 0 Å². The Morgan fingerprint density at radius 2 is 1.41 bits per heavy atom. The minimum absolute atomic E-state index is 0.642. The molecule has 1 aliphatic rings. The molecule has 1 fully saturated rings. The van der Waals surface area contributed by atoms with E-state index in [2.05, 4.69) is 113 Å². The zero-order chi connectivity index (χ0) is 23.7. The van der Waals surface area contributed by atoms with Crippen LogP contribution in [0.1, 0.15) is 55.7 Å². The quantitative estimate of drug-likeness (QED) is 0.305. The Bertz CT molecular complexity index is 1270. The third-order valence-electron chi connectivity index (χ3n) is 7.52. The Morgan fingerprint density at radius 3 is 2.18 bits per heavy atom.